The molecule has 1 N–H and O–H groups in total. The third kappa shape index (κ3) is 5.08. The van der Waals surface area contributed by atoms with Crippen LogP contribution in [0.4, 0.5) is 17.6 Å². The van der Waals surface area contributed by atoms with Gasteiger partial charge in [-0.15, -0.1) is 0 Å². The van der Waals surface area contributed by atoms with E-state index in [1.807, 2.05) is 20.8 Å². The lowest BCUT2D eigenvalue weighted by atomic mass is 9.97. The average molecular weight is 518 g/mol. The SMILES string of the molecule is CC(C)(C)Cn1cc(C(NS(=O)(=O)C2CC2)C(F)F)c2cc(F)c(-c3ncc(F)cc3Cl)cc21. The van der Waals surface area contributed by atoms with Crippen LogP contribution in [0.25, 0.3) is 22.2 Å². The highest BCUT2D eigenvalue weighted by atomic mass is 35.5. The molecule has 184 valence electrons. The van der Waals surface area contributed by atoms with E-state index in [1.165, 1.54) is 12.3 Å². The second kappa shape index (κ2) is 8.80. The standard InChI is InChI=1S/C23H24ClF4N3O2S/c1-23(2,3)11-31-10-16(21(22(27)28)30-34(32,33)13-4-5-13)14-7-18(26)15(8-19(14)31)20-17(24)6-12(25)9-29-20/h6-10,13,21-22,30H,4-5,11H2,1-3H3. The maximum absolute atomic E-state index is 15.2. The molecule has 0 amide bonds. The van der Waals surface area contributed by atoms with Crippen molar-refractivity contribution in [3.63, 3.8) is 0 Å². The van der Waals surface area contributed by atoms with Crippen LogP contribution in [0.1, 0.15) is 45.2 Å². The third-order valence-electron chi connectivity index (χ3n) is 5.55. The summed E-state index contributed by atoms with van der Waals surface area (Å²) in [5, 5.41) is -0.644. The fraction of sp³-hybridized carbons (Fsp3) is 0.435. The number of sulfonamides is 1. The molecule has 1 fully saturated rings. The topological polar surface area (TPSA) is 64.0 Å². The van der Waals surface area contributed by atoms with E-state index in [0.29, 0.717) is 24.9 Å². The molecule has 2 aromatic heterocycles. The summed E-state index contributed by atoms with van der Waals surface area (Å²) < 4.78 is 85.6. The third-order valence-corrected chi connectivity index (χ3v) is 7.77. The van der Waals surface area contributed by atoms with Gasteiger partial charge in [-0.05, 0) is 36.5 Å². The monoisotopic (exact) mass is 517 g/mol. The minimum atomic E-state index is -3.94. The average Bonchev–Trinajstić information content (AvgIpc) is 3.51. The Labute approximate surface area is 200 Å². The first-order valence-corrected chi connectivity index (χ1v) is 12.6. The van der Waals surface area contributed by atoms with E-state index in [9.17, 15) is 21.6 Å². The van der Waals surface area contributed by atoms with Crippen molar-refractivity contribution in [1.29, 1.82) is 0 Å². The molecule has 1 aromatic carbocycles. The molecule has 0 spiro atoms. The van der Waals surface area contributed by atoms with Gasteiger partial charge in [-0.3, -0.25) is 4.98 Å². The molecule has 5 nitrogen and oxygen atoms in total. The van der Waals surface area contributed by atoms with Gasteiger partial charge in [0.25, 0.3) is 6.43 Å². The first-order valence-electron chi connectivity index (χ1n) is 10.7. The van der Waals surface area contributed by atoms with E-state index >= 15 is 4.39 Å². The predicted molar refractivity (Wildman–Crippen MR) is 123 cm³/mol. The number of alkyl halides is 2. The van der Waals surface area contributed by atoms with Gasteiger partial charge in [-0.1, -0.05) is 32.4 Å². The highest BCUT2D eigenvalue weighted by Crippen LogP contribution is 2.38. The number of halogens is 5. The van der Waals surface area contributed by atoms with Crippen molar-refractivity contribution in [2.24, 2.45) is 5.41 Å². The largest absolute Gasteiger partial charge is 0.347 e. The Hall–Kier alpha value is -2.17. The second-order valence-electron chi connectivity index (χ2n) is 9.78. The van der Waals surface area contributed by atoms with Crippen LogP contribution in [0, 0.1) is 17.0 Å². The van der Waals surface area contributed by atoms with Crippen LogP contribution >= 0.6 is 11.6 Å². The van der Waals surface area contributed by atoms with Crippen LogP contribution in [-0.2, 0) is 16.6 Å². The van der Waals surface area contributed by atoms with Crippen molar-refractivity contribution in [3.05, 3.63) is 52.8 Å². The van der Waals surface area contributed by atoms with Crippen molar-refractivity contribution in [3.8, 4) is 11.3 Å². The molecule has 1 atom stereocenters. The number of rotatable bonds is 7. The quantitative estimate of drug-likeness (QED) is 0.387. The minimum absolute atomic E-state index is 0.00683. The molecule has 34 heavy (non-hydrogen) atoms. The summed E-state index contributed by atoms with van der Waals surface area (Å²) >= 11 is 6.09. The van der Waals surface area contributed by atoms with Crippen LogP contribution in [0.3, 0.4) is 0 Å². The Balaban J connectivity index is 1.91. The lowest BCUT2D eigenvalue weighted by molar-refractivity contribution is 0.109. The molecule has 1 unspecified atom stereocenters. The first kappa shape index (κ1) is 24.9. The molecule has 2 heterocycles. The summed E-state index contributed by atoms with van der Waals surface area (Å²) in [6.07, 6.45) is 0.119. The van der Waals surface area contributed by atoms with Gasteiger partial charge in [0.05, 0.1) is 22.2 Å². The minimum Gasteiger partial charge on any atom is -0.347 e. The fourth-order valence-corrected chi connectivity index (χ4v) is 5.71. The molecule has 1 aliphatic rings. The van der Waals surface area contributed by atoms with E-state index in [2.05, 4.69) is 9.71 Å². The fourth-order valence-electron chi connectivity index (χ4n) is 3.92. The Morgan fingerprint density at radius 2 is 1.88 bits per heavy atom. The molecule has 0 radical (unpaired) electrons. The predicted octanol–water partition coefficient (Wildman–Crippen LogP) is 6.07. The molecule has 0 aliphatic heterocycles. The summed E-state index contributed by atoms with van der Waals surface area (Å²) in [7, 11) is -3.94. The summed E-state index contributed by atoms with van der Waals surface area (Å²) in [6.45, 7) is 6.22. The van der Waals surface area contributed by atoms with Crippen molar-refractivity contribution in [1.82, 2.24) is 14.3 Å². The van der Waals surface area contributed by atoms with Gasteiger partial charge >= 0.3 is 0 Å². The molecule has 3 aromatic rings. The van der Waals surface area contributed by atoms with Gasteiger partial charge in [0.15, 0.2) is 0 Å². The van der Waals surface area contributed by atoms with Gasteiger partial charge in [0.1, 0.15) is 17.7 Å². The first-order chi connectivity index (χ1) is 15.8. The Morgan fingerprint density at radius 3 is 2.44 bits per heavy atom. The zero-order valence-electron chi connectivity index (χ0n) is 18.7. The van der Waals surface area contributed by atoms with Crippen molar-refractivity contribution >= 4 is 32.5 Å². The van der Waals surface area contributed by atoms with Gasteiger partial charge in [-0.2, -0.15) is 0 Å². The molecule has 11 heteroatoms. The van der Waals surface area contributed by atoms with Crippen molar-refractivity contribution < 1.29 is 26.0 Å². The Kier molecular flexibility index (Phi) is 6.46. The van der Waals surface area contributed by atoms with Gasteiger partial charge in [-0.25, -0.2) is 30.7 Å². The maximum Gasteiger partial charge on any atom is 0.258 e. The summed E-state index contributed by atoms with van der Waals surface area (Å²) in [5.74, 6) is -1.49. The number of benzene rings is 1. The van der Waals surface area contributed by atoms with E-state index in [0.717, 1.165) is 18.3 Å². The van der Waals surface area contributed by atoms with Crippen molar-refractivity contribution in [2.45, 2.75) is 57.9 Å². The van der Waals surface area contributed by atoms with Gasteiger partial charge in [0.2, 0.25) is 10.0 Å². The summed E-state index contributed by atoms with van der Waals surface area (Å²) in [6, 6.07) is 1.66. The number of nitrogens with zero attached hydrogens (tertiary/aromatic N) is 2. The van der Waals surface area contributed by atoms with Gasteiger partial charge < -0.3 is 4.57 Å². The summed E-state index contributed by atoms with van der Waals surface area (Å²) in [5.41, 5.74) is 0.0795. The number of hydrogen-bond acceptors (Lipinski definition) is 3. The zero-order chi connectivity index (χ0) is 25.0. The van der Waals surface area contributed by atoms with E-state index in [4.69, 9.17) is 11.6 Å². The van der Waals surface area contributed by atoms with E-state index in [-0.39, 0.29) is 32.6 Å². The van der Waals surface area contributed by atoms with E-state index in [1.54, 1.807) is 4.57 Å². The highest BCUT2D eigenvalue weighted by molar-refractivity contribution is 7.90. The smallest absolute Gasteiger partial charge is 0.258 e. The lowest BCUT2D eigenvalue weighted by Crippen LogP contribution is -2.35. The number of aromatic nitrogens is 2. The van der Waals surface area contributed by atoms with E-state index < -0.39 is 39.4 Å². The maximum atomic E-state index is 15.2. The molecule has 1 aliphatic carbocycles. The molecular weight excluding hydrogens is 494 g/mol. The molecular formula is C23H24ClF4N3O2S. The van der Waals surface area contributed by atoms with Crippen LogP contribution < -0.4 is 4.72 Å². The second-order valence-corrected chi connectivity index (χ2v) is 12.2. The normalized spacial score (nSPS) is 15.9. The molecule has 1 saturated carbocycles. The summed E-state index contributed by atoms with van der Waals surface area (Å²) in [4.78, 5) is 3.90. The van der Waals surface area contributed by atoms with Gasteiger partial charge in [0, 0.05) is 34.8 Å². The van der Waals surface area contributed by atoms with Crippen molar-refractivity contribution in [2.75, 3.05) is 0 Å². The molecule has 0 saturated heterocycles. The number of hydrogen-bond donors (Lipinski definition) is 1. The van der Waals surface area contributed by atoms with Crippen LogP contribution in [0.2, 0.25) is 5.02 Å². The van der Waals surface area contributed by atoms with Crippen LogP contribution in [0.15, 0.2) is 30.6 Å². The van der Waals surface area contributed by atoms with Crippen LogP contribution in [0.5, 0.6) is 0 Å². The molecule has 0 bridgehead atoms. The van der Waals surface area contributed by atoms with Crippen LogP contribution in [-0.4, -0.2) is 29.6 Å². The highest BCUT2D eigenvalue weighted by Gasteiger charge is 2.40. The molecule has 4 rings (SSSR count). The number of nitrogens with one attached hydrogen (secondary N) is 1. The Bertz CT molecular complexity index is 1350. The zero-order valence-corrected chi connectivity index (χ0v) is 20.3. The lowest BCUT2D eigenvalue weighted by Gasteiger charge is -2.20. The number of pyridine rings is 1. The Morgan fingerprint density at radius 1 is 1.21 bits per heavy atom. The number of fused-ring (bicyclic) bond motifs is 1.